The molecule has 0 unspecified atom stereocenters. The first-order chi connectivity index (χ1) is 8.80. The number of aromatic nitrogens is 2. The minimum absolute atomic E-state index is 0.0732. The van der Waals surface area contributed by atoms with Crippen molar-refractivity contribution in [1.82, 2.24) is 14.7 Å². The van der Waals surface area contributed by atoms with Crippen molar-refractivity contribution in [2.24, 2.45) is 7.05 Å². The highest BCUT2D eigenvalue weighted by Gasteiger charge is 2.36. The van der Waals surface area contributed by atoms with Crippen LogP contribution in [0.25, 0.3) is 0 Å². The fraction of sp³-hybridized carbons (Fsp3) is 0.600. The largest absolute Gasteiger partial charge is 0.358 e. The van der Waals surface area contributed by atoms with Gasteiger partial charge in [-0.15, -0.1) is 4.68 Å². The number of rotatable bonds is 2. The Labute approximate surface area is 106 Å². The maximum atomic E-state index is 13.0. The van der Waals surface area contributed by atoms with E-state index >= 15 is 0 Å². The third-order valence-corrected chi connectivity index (χ3v) is 3.04. The molecule has 1 aliphatic heterocycles. The van der Waals surface area contributed by atoms with Crippen molar-refractivity contribution >= 4 is 11.7 Å². The van der Waals surface area contributed by atoms with Crippen LogP contribution in [-0.2, 0) is 7.05 Å². The fourth-order valence-corrected chi connectivity index (χ4v) is 1.93. The molecule has 0 spiro atoms. The SMILES string of the molecule is Cn1nc(C(=O)N2CCC(F)(F)CC2)cc1[N+](=O)[O-]. The van der Waals surface area contributed by atoms with Crippen molar-refractivity contribution < 1.29 is 18.5 Å². The summed E-state index contributed by atoms with van der Waals surface area (Å²) >= 11 is 0. The average Bonchev–Trinajstić information content (AvgIpc) is 2.70. The number of nitrogens with zero attached hydrogens (tertiary/aromatic N) is 4. The minimum atomic E-state index is -2.74. The zero-order chi connectivity index (χ0) is 14.2. The van der Waals surface area contributed by atoms with Gasteiger partial charge in [-0.25, -0.2) is 8.78 Å². The lowest BCUT2D eigenvalue weighted by atomic mass is 10.1. The molecule has 0 bridgehead atoms. The highest BCUT2D eigenvalue weighted by molar-refractivity contribution is 5.92. The van der Waals surface area contributed by atoms with Crippen LogP contribution >= 0.6 is 0 Å². The number of piperidine rings is 1. The number of hydrogen-bond acceptors (Lipinski definition) is 4. The second-order valence-corrected chi connectivity index (χ2v) is 4.42. The number of aryl methyl sites for hydroxylation is 1. The van der Waals surface area contributed by atoms with E-state index in [2.05, 4.69) is 5.10 Å². The van der Waals surface area contributed by atoms with Crippen molar-refractivity contribution in [3.8, 4) is 0 Å². The van der Waals surface area contributed by atoms with Crippen molar-refractivity contribution in [2.45, 2.75) is 18.8 Å². The van der Waals surface area contributed by atoms with Gasteiger partial charge in [0.25, 0.3) is 11.8 Å². The van der Waals surface area contributed by atoms with E-state index in [1.807, 2.05) is 0 Å². The monoisotopic (exact) mass is 274 g/mol. The van der Waals surface area contributed by atoms with Crippen LogP contribution in [-0.4, -0.2) is 44.5 Å². The lowest BCUT2D eigenvalue weighted by Crippen LogP contribution is -2.42. The molecule has 0 N–H and O–H groups in total. The van der Waals surface area contributed by atoms with E-state index in [0.29, 0.717) is 0 Å². The molecule has 7 nitrogen and oxygen atoms in total. The topological polar surface area (TPSA) is 81.3 Å². The van der Waals surface area contributed by atoms with Gasteiger partial charge in [0.05, 0.1) is 6.07 Å². The standard InChI is InChI=1S/C10H12F2N4O3/c1-14-8(16(18)19)6-7(13-14)9(17)15-4-2-10(11,12)3-5-15/h6H,2-5H2,1H3. The van der Waals surface area contributed by atoms with Gasteiger partial charge >= 0.3 is 5.82 Å². The number of nitro groups is 1. The maximum absolute atomic E-state index is 13.0. The number of likely N-dealkylation sites (tertiary alicyclic amines) is 1. The summed E-state index contributed by atoms with van der Waals surface area (Å²) < 4.78 is 26.9. The predicted molar refractivity (Wildman–Crippen MR) is 59.9 cm³/mol. The van der Waals surface area contributed by atoms with Crippen LogP contribution in [0.2, 0.25) is 0 Å². The molecular weight excluding hydrogens is 262 g/mol. The number of amides is 1. The molecule has 0 aromatic carbocycles. The van der Waals surface area contributed by atoms with E-state index in [-0.39, 0.29) is 24.6 Å². The van der Waals surface area contributed by atoms with Crippen LogP contribution < -0.4 is 0 Å². The van der Waals surface area contributed by atoms with E-state index in [1.165, 1.54) is 11.9 Å². The van der Waals surface area contributed by atoms with Crippen molar-refractivity contribution in [1.29, 1.82) is 0 Å². The number of carbonyl (C=O) groups excluding carboxylic acids is 1. The number of halogens is 2. The Bertz CT molecular complexity index is 519. The van der Waals surface area contributed by atoms with E-state index in [9.17, 15) is 23.7 Å². The third-order valence-electron chi connectivity index (χ3n) is 3.04. The first kappa shape index (κ1) is 13.4. The molecule has 104 valence electrons. The van der Waals surface area contributed by atoms with Crippen LogP contribution in [0, 0.1) is 10.1 Å². The van der Waals surface area contributed by atoms with E-state index in [1.54, 1.807) is 0 Å². The van der Waals surface area contributed by atoms with Gasteiger partial charge in [-0.2, -0.15) is 0 Å². The van der Waals surface area contributed by atoms with Crippen molar-refractivity contribution in [3.63, 3.8) is 0 Å². The fourth-order valence-electron chi connectivity index (χ4n) is 1.93. The van der Waals surface area contributed by atoms with Crippen LogP contribution in [0.1, 0.15) is 23.3 Å². The number of carbonyl (C=O) groups is 1. The Morgan fingerprint density at radius 3 is 2.53 bits per heavy atom. The van der Waals surface area contributed by atoms with Gasteiger partial charge in [0.15, 0.2) is 5.69 Å². The number of alkyl halides is 2. The minimum Gasteiger partial charge on any atom is -0.358 e. The average molecular weight is 274 g/mol. The third kappa shape index (κ3) is 2.69. The summed E-state index contributed by atoms with van der Waals surface area (Å²) in [6, 6.07) is 1.05. The molecule has 1 aliphatic rings. The highest BCUT2D eigenvalue weighted by atomic mass is 19.3. The molecule has 0 aliphatic carbocycles. The van der Waals surface area contributed by atoms with Crippen molar-refractivity contribution in [3.05, 3.63) is 21.9 Å². The lowest BCUT2D eigenvalue weighted by molar-refractivity contribution is -0.392. The van der Waals surface area contributed by atoms with Crippen LogP contribution in [0.5, 0.6) is 0 Å². The molecule has 2 heterocycles. The van der Waals surface area contributed by atoms with E-state index < -0.39 is 29.6 Å². The summed E-state index contributed by atoms with van der Waals surface area (Å²) in [5, 5.41) is 14.4. The summed E-state index contributed by atoms with van der Waals surface area (Å²) in [6.45, 7) is -0.146. The van der Waals surface area contributed by atoms with Gasteiger partial charge in [-0.1, -0.05) is 5.10 Å². The lowest BCUT2D eigenvalue weighted by Gasteiger charge is -2.31. The predicted octanol–water partition coefficient (Wildman–Crippen LogP) is 1.20. The second kappa shape index (κ2) is 4.56. The summed E-state index contributed by atoms with van der Waals surface area (Å²) in [6.07, 6.45) is -0.790. The molecule has 2 rings (SSSR count). The van der Waals surface area contributed by atoms with Gasteiger partial charge in [0.1, 0.15) is 7.05 Å². The Morgan fingerprint density at radius 1 is 1.47 bits per heavy atom. The van der Waals surface area contributed by atoms with Gasteiger partial charge in [-0.05, 0) is 4.92 Å². The molecule has 1 fully saturated rings. The number of hydrogen-bond donors (Lipinski definition) is 0. The molecule has 1 aromatic rings. The Hall–Kier alpha value is -2.06. The molecule has 1 amide bonds. The normalized spacial score (nSPS) is 18.4. The van der Waals surface area contributed by atoms with Crippen LogP contribution in [0.4, 0.5) is 14.6 Å². The summed E-state index contributed by atoms with van der Waals surface area (Å²) in [4.78, 5) is 23.2. The van der Waals surface area contributed by atoms with Gasteiger partial charge < -0.3 is 15.0 Å². The van der Waals surface area contributed by atoms with E-state index in [0.717, 1.165) is 10.7 Å². The molecule has 1 aromatic heterocycles. The van der Waals surface area contributed by atoms with Gasteiger partial charge in [0.2, 0.25) is 0 Å². The maximum Gasteiger partial charge on any atom is 0.345 e. The highest BCUT2D eigenvalue weighted by Crippen LogP contribution is 2.28. The molecule has 1 saturated heterocycles. The molecule has 0 atom stereocenters. The smallest absolute Gasteiger partial charge is 0.345 e. The Balaban J connectivity index is 2.12. The molecule has 0 radical (unpaired) electrons. The molecule has 0 saturated carbocycles. The Kier molecular flexibility index (Phi) is 3.21. The molecular formula is C10H12F2N4O3. The second-order valence-electron chi connectivity index (χ2n) is 4.42. The van der Waals surface area contributed by atoms with Crippen LogP contribution in [0.15, 0.2) is 6.07 Å². The van der Waals surface area contributed by atoms with E-state index in [4.69, 9.17) is 0 Å². The zero-order valence-corrected chi connectivity index (χ0v) is 10.2. The van der Waals surface area contributed by atoms with Gasteiger partial charge in [-0.3, -0.25) is 4.79 Å². The first-order valence-corrected chi connectivity index (χ1v) is 5.66. The molecule has 9 heteroatoms. The first-order valence-electron chi connectivity index (χ1n) is 5.66. The summed E-state index contributed by atoms with van der Waals surface area (Å²) in [7, 11) is 1.35. The quantitative estimate of drug-likeness (QED) is 0.599. The summed E-state index contributed by atoms with van der Waals surface area (Å²) in [5.74, 6) is -3.61. The molecule has 19 heavy (non-hydrogen) atoms. The summed E-state index contributed by atoms with van der Waals surface area (Å²) in [5.41, 5.74) is -0.0978. The Morgan fingerprint density at radius 2 is 2.05 bits per heavy atom. The van der Waals surface area contributed by atoms with Crippen LogP contribution in [0.3, 0.4) is 0 Å². The zero-order valence-electron chi connectivity index (χ0n) is 10.2. The van der Waals surface area contributed by atoms with Crippen molar-refractivity contribution in [2.75, 3.05) is 13.1 Å². The van der Waals surface area contributed by atoms with Gasteiger partial charge in [0, 0.05) is 25.9 Å².